The number of hydrogen-bond acceptors (Lipinski definition) is 3. The quantitative estimate of drug-likeness (QED) is 0.557. The molecule has 1 unspecified atom stereocenters. The first-order chi connectivity index (χ1) is 6.31. The zero-order valence-corrected chi connectivity index (χ0v) is 9.14. The van der Waals surface area contributed by atoms with Crippen molar-refractivity contribution < 1.29 is 9.47 Å². The van der Waals surface area contributed by atoms with Gasteiger partial charge in [-0.25, -0.2) is 0 Å². The third-order valence-corrected chi connectivity index (χ3v) is 1.66. The molecule has 0 rings (SSSR count). The van der Waals surface area contributed by atoms with Crippen molar-refractivity contribution in [1.29, 1.82) is 0 Å². The van der Waals surface area contributed by atoms with E-state index < -0.39 is 0 Å². The molecule has 1 N–H and O–H groups in total. The fourth-order valence-electron chi connectivity index (χ4n) is 0.966. The van der Waals surface area contributed by atoms with Crippen molar-refractivity contribution >= 4 is 0 Å². The topological polar surface area (TPSA) is 30.5 Å². The van der Waals surface area contributed by atoms with Crippen molar-refractivity contribution in [2.24, 2.45) is 0 Å². The zero-order chi connectivity index (χ0) is 9.94. The minimum absolute atomic E-state index is 0.211. The van der Waals surface area contributed by atoms with Crippen LogP contribution in [0.1, 0.15) is 27.2 Å². The van der Waals surface area contributed by atoms with Crippen LogP contribution in [0.25, 0.3) is 0 Å². The van der Waals surface area contributed by atoms with E-state index in [9.17, 15) is 0 Å². The van der Waals surface area contributed by atoms with Crippen molar-refractivity contribution in [3.05, 3.63) is 0 Å². The zero-order valence-electron chi connectivity index (χ0n) is 9.14. The maximum Gasteiger partial charge on any atom is 0.0781 e. The van der Waals surface area contributed by atoms with Gasteiger partial charge in [-0.15, -0.1) is 0 Å². The normalized spacial score (nSPS) is 13.2. The first kappa shape index (κ1) is 12.9. The Bertz CT molecular complexity index is 98.9. The highest BCUT2D eigenvalue weighted by Gasteiger charge is 2.00. The Morgan fingerprint density at radius 2 is 2.00 bits per heavy atom. The van der Waals surface area contributed by atoms with E-state index >= 15 is 0 Å². The van der Waals surface area contributed by atoms with Crippen molar-refractivity contribution in [2.45, 2.75) is 33.3 Å². The van der Waals surface area contributed by atoms with Crippen LogP contribution in [0.2, 0.25) is 0 Å². The van der Waals surface area contributed by atoms with E-state index in [4.69, 9.17) is 9.47 Å². The van der Waals surface area contributed by atoms with Gasteiger partial charge in [-0.1, -0.05) is 6.92 Å². The molecule has 13 heavy (non-hydrogen) atoms. The van der Waals surface area contributed by atoms with E-state index in [2.05, 4.69) is 12.2 Å². The summed E-state index contributed by atoms with van der Waals surface area (Å²) in [7, 11) is 0. The molecule has 3 heteroatoms. The van der Waals surface area contributed by atoms with E-state index in [-0.39, 0.29) is 6.10 Å². The number of rotatable bonds is 9. The maximum absolute atomic E-state index is 5.50. The molecule has 0 aliphatic rings. The van der Waals surface area contributed by atoms with Crippen molar-refractivity contribution in [3.63, 3.8) is 0 Å². The molecule has 0 saturated heterocycles. The summed E-state index contributed by atoms with van der Waals surface area (Å²) in [5, 5.41) is 3.28. The van der Waals surface area contributed by atoms with Crippen LogP contribution in [0, 0.1) is 0 Å². The first-order valence-corrected chi connectivity index (χ1v) is 5.21. The minimum atomic E-state index is 0.211. The van der Waals surface area contributed by atoms with Gasteiger partial charge in [0, 0.05) is 13.2 Å². The fourth-order valence-corrected chi connectivity index (χ4v) is 0.966. The van der Waals surface area contributed by atoms with Crippen LogP contribution in [0.4, 0.5) is 0 Å². The summed E-state index contributed by atoms with van der Waals surface area (Å²) in [5.74, 6) is 0. The average molecular weight is 189 g/mol. The molecule has 0 radical (unpaired) electrons. The molecule has 0 aliphatic carbocycles. The SMILES string of the molecule is CCCNCCOC(C)COCC. The maximum atomic E-state index is 5.50. The van der Waals surface area contributed by atoms with Gasteiger partial charge in [-0.2, -0.15) is 0 Å². The van der Waals surface area contributed by atoms with Crippen LogP contribution >= 0.6 is 0 Å². The molecule has 80 valence electrons. The molecule has 1 atom stereocenters. The van der Waals surface area contributed by atoms with Gasteiger partial charge in [0.1, 0.15) is 0 Å². The third kappa shape index (κ3) is 9.80. The third-order valence-electron chi connectivity index (χ3n) is 1.66. The summed E-state index contributed by atoms with van der Waals surface area (Å²) in [6.45, 7) is 10.4. The number of hydrogen-bond donors (Lipinski definition) is 1. The largest absolute Gasteiger partial charge is 0.379 e. The van der Waals surface area contributed by atoms with Gasteiger partial charge < -0.3 is 14.8 Å². The Labute approximate surface area is 81.8 Å². The predicted octanol–water partition coefficient (Wildman–Crippen LogP) is 1.43. The van der Waals surface area contributed by atoms with Crippen molar-refractivity contribution in [1.82, 2.24) is 5.32 Å². The summed E-state index contributed by atoms with van der Waals surface area (Å²) >= 11 is 0. The summed E-state index contributed by atoms with van der Waals surface area (Å²) in [5.41, 5.74) is 0. The van der Waals surface area contributed by atoms with Gasteiger partial charge in [0.05, 0.1) is 19.3 Å². The van der Waals surface area contributed by atoms with Crippen LogP contribution in [0.5, 0.6) is 0 Å². The van der Waals surface area contributed by atoms with E-state index in [1.54, 1.807) is 0 Å². The summed E-state index contributed by atoms with van der Waals surface area (Å²) in [6.07, 6.45) is 1.39. The van der Waals surface area contributed by atoms with Crippen LogP contribution < -0.4 is 5.32 Å². The highest BCUT2D eigenvalue weighted by atomic mass is 16.5. The van der Waals surface area contributed by atoms with Crippen LogP contribution in [-0.4, -0.2) is 39.0 Å². The molecular weight excluding hydrogens is 166 g/mol. The van der Waals surface area contributed by atoms with Crippen molar-refractivity contribution in [3.8, 4) is 0 Å². The monoisotopic (exact) mass is 189 g/mol. The Balaban J connectivity index is 3.03. The van der Waals surface area contributed by atoms with Gasteiger partial charge in [0.2, 0.25) is 0 Å². The second-order valence-electron chi connectivity index (χ2n) is 3.09. The van der Waals surface area contributed by atoms with Crippen LogP contribution in [0.3, 0.4) is 0 Å². The van der Waals surface area contributed by atoms with Gasteiger partial charge in [-0.3, -0.25) is 0 Å². The molecule has 0 amide bonds. The molecule has 0 saturated carbocycles. The molecule has 0 spiro atoms. The lowest BCUT2D eigenvalue weighted by Gasteiger charge is -2.12. The van der Waals surface area contributed by atoms with E-state index in [0.29, 0.717) is 6.61 Å². The Morgan fingerprint density at radius 3 is 2.62 bits per heavy atom. The molecular formula is C10H23NO2. The standard InChI is InChI=1S/C10H23NO2/c1-4-6-11-7-8-13-10(3)9-12-5-2/h10-11H,4-9H2,1-3H3. The van der Waals surface area contributed by atoms with E-state index in [0.717, 1.165) is 26.3 Å². The Morgan fingerprint density at radius 1 is 1.23 bits per heavy atom. The van der Waals surface area contributed by atoms with E-state index in [1.165, 1.54) is 6.42 Å². The molecule has 3 nitrogen and oxygen atoms in total. The fraction of sp³-hybridized carbons (Fsp3) is 1.00. The minimum Gasteiger partial charge on any atom is -0.379 e. The smallest absolute Gasteiger partial charge is 0.0781 e. The van der Waals surface area contributed by atoms with Crippen LogP contribution in [-0.2, 0) is 9.47 Å². The predicted molar refractivity (Wildman–Crippen MR) is 55.1 cm³/mol. The second-order valence-corrected chi connectivity index (χ2v) is 3.09. The molecule has 0 aromatic rings. The van der Waals surface area contributed by atoms with Crippen molar-refractivity contribution in [2.75, 3.05) is 32.9 Å². The molecule has 0 heterocycles. The highest BCUT2D eigenvalue weighted by molar-refractivity contribution is 4.49. The van der Waals surface area contributed by atoms with Crippen LogP contribution in [0.15, 0.2) is 0 Å². The number of nitrogens with one attached hydrogen (secondary N) is 1. The molecule has 0 aromatic carbocycles. The molecule has 0 fully saturated rings. The Kier molecular flexibility index (Phi) is 9.87. The average Bonchev–Trinajstić information content (AvgIpc) is 2.14. The highest BCUT2D eigenvalue weighted by Crippen LogP contribution is 1.90. The summed E-state index contributed by atoms with van der Waals surface area (Å²) in [6, 6.07) is 0. The van der Waals surface area contributed by atoms with Gasteiger partial charge in [0.25, 0.3) is 0 Å². The van der Waals surface area contributed by atoms with E-state index in [1.807, 2.05) is 13.8 Å². The van der Waals surface area contributed by atoms with Gasteiger partial charge >= 0.3 is 0 Å². The molecule has 0 bridgehead atoms. The van der Waals surface area contributed by atoms with Gasteiger partial charge in [-0.05, 0) is 26.8 Å². The first-order valence-electron chi connectivity index (χ1n) is 5.21. The second kappa shape index (κ2) is 9.96. The molecule has 0 aliphatic heterocycles. The van der Waals surface area contributed by atoms with Gasteiger partial charge in [0.15, 0.2) is 0 Å². The Hall–Kier alpha value is -0.120. The molecule has 0 aromatic heterocycles. The lowest BCUT2D eigenvalue weighted by atomic mass is 10.4. The summed E-state index contributed by atoms with van der Waals surface area (Å²) < 4.78 is 10.7. The lowest BCUT2D eigenvalue weighted by Crippen LogP contribution is -2.24. The summed E-state index contributed by atoms with van der Waals surface area (Å²) in [4.78, 5) is 0. The lowest BCUT2D eigenvalue weighted by molar-refractivity contribution is -0.00183. The number of ether oxygens (including phenoxy) is 2.